The summed E-state index contributed by atoms with van der Waals surface area (Å²) in [5, 5.41) is 2.38. The van der Waals surface area contributed by atoms with Gasteiger partial charge in [0.15, 0.2) is 5.13 Å². The molecule has 5 nitrogen and oxygen atoms in total. The molecule has 3 N–H and O–H groups in total. The Morgan fingerprint density at radius 3 is 2.29 bits per heavy atom. The van der Waals surface area contributed by atoms with Gasteiger partial charge in [-0.25, -0.2) is 9.37 Å². The van der Waals surface area contributed by atoms with Gasteiger partial charge in [0.05, 0.1) is 10.6 Å². The highest BCUT2D eigenvalue weighted by atomic mass is 32.2. The second kappa shape index (κ2) is 7.52. The molecular formula is C16H15FN2O3S2. The van der Waals surface area contributed by atoms with E-state index in [1.165, 1.54) is 35.6 Å². The first-order valence-corrected chi connectivity index (χ1v) is 9.09. The minimum Gasteiger partial charge on any atom is -0.375 e. The predicted octanol–water partition coefficient (Wildman–Crippen LogP) is 3.77. The van der Waals surface area contributed by atoms with Crippen LogP contribution in [0.1, 0.15) is 5.56 Å². The smallest absolute Gasteiger partial charge is 0.294 e. The molecule has 0 saturated carbocycles. The summed E-state index contributed by atoms with van der Waals surface area (Å²) in [7, 11) is -4.03. The molecule has 2 aromatic carbocycles. The number of nitrogens with two attached hydrogens (primary N) is 1. The van der Waals surface area contributed by atoms with E-state index in [0.29, 0.717) is 5.13 Å². The van der Waals surface area contributed by atoms with Gasteiger partial charge < -0.3 is 5.73 Å². The zero-order valence-electron chi connectivity index (χ0n) is 12.7. The summed E-state index contributed by atoms with van der Waals surface area (Å²) in [6.07, 6.45) is 0. The summed E-state index contributed by atoms with van der Waals surface area (Å²) in [6.45, 7) is 1.76. The number of aromatic nitrogens is 1. The highest BCUT2D eigenvalue weighted by Crippen LogP contribution is 2.22. The van der Waals surface area contributed by atoms with Gasteiger partial charge in [0.1, 0.15) is 5.82 Å². The van der Waals surface area contributed by atoms with Gasteiger partial charge >= 0.3 is 0 Å². The molecule has 0 fully saturated rings. The Balaban J connectivity index is 0.000000177. The average Bonchev–Trinajstić information content (AvgIpc) is 2.94. The first kappa shape index (κ1) is 18.1. The minimum atomic E-state index is -4.03. The Morgan fingerprint density at radius 1 is 1.17 bits per heavy atom. The lowest BCUT2D eigenvalue weighted by atomic mass is 10.2. The van der Waals surface area contributed by atoms with E-state index in [2.05, 4.69) is 4.98 Å². The van der Waals surface area contributed by atoms with Crippen molar-refractivity contribution >= 4 is 26.6 Å². The van der Waals surface area contributed by atoms with Crippen molar-refractivity contribution < 1.29 is 17.4 Å². The molecule has 1 aromatic heterocycles. The lowest BCUT2D eigenvalue weighted by molar-refractivity contribution is 0.483. The Labute approximate surface area is 143 Å². The second-order valence-electron chi connectivity index (χ2n) is 4.87. The van der Waals surface area contributed by atoms with Crippen LogP contribution in [-0.2, 0) is 10.1 Å². The summed E-state index contributed by atoms with van der Waals surface area (Å²) >= 11 is 1.38. The number of thiazole rings is 1. The molecule has 0 aliphatic heterocycles. The van der Waals surface area contributed by atoms with E-state index >= 15 is 0 Å². The number of hydrogen-bond acceptors (Lipinski definition) is 5. The molecule has 0 atom stereocenters. The maximum absolute atomic E-state index is 12.6. The maximum Gasteiger partial charge on any atom is 0.294 e. The van der Waals surface area contributed by atoms with E-state index in [4.69, 9.17) is 10.3 Å². The third-order valence-electron chi connectivity index (χ3n) is 2.95. The van der Waals surface area contributed by atoms with E-state index in [-0.39, 0.29) is 10.7 Å². The molecule has 0 unspecified atom stereocenters. The number of anilines is 1. The first-order chi connectivity index (χ1) is 11.3. The summed E-state index contributed by atoms with van der Waals surface area (Å²) in [5.41, 5.74) is 7.96. The van der Waals surface area contributed by atoms with Crippen molar-refractivity contribution in [2.45, 2.75) is 11.8 Å². The summed E-state index contributed by atoms with van der Waals surface area (Å²) in [5.74, 6) is -0.244. The fourth-order valence-corrected chi connectivity index (χ4v) is 2.97. The molecule has 3 rings (SSSR count). The van der Waals surface area contributed by atoms with E-state index in [1.807, 2.05) is 5.38 Å². The molecule has 0 spiro atoms. The SMILES string of the molecule is Cc1cccc(S(=O)(=O)O)c1.Nc1nc(-c2ccc(F)cc2)cs1. The van der Waals surface area contributed by atoms with Gasteiger partial charge in [-0.2, -0.15) is 8.42 Å². The van der Waals surface area contributed by atoms with Crippen LogP contribution in [0, 0.1) is 12.7 Å². The molecule has 126 valence electrons. The molecule has 0 bridgehead atoms. The Morgan fingerprint density at radius 2 is 1.83 bits per heavy atom. The lowest BCUT2D eigenvalue weighted by Gasteiger charge is -1.96. The monoisotopic (exact) mass is 366 g/mol. The topological polar surface area (TPSA) is 93.3 Å². The van der Waals surface area contributed by atoms with Crippen LogP contribution < -0.4 is 5.73 Å². The zero-order valence-corrected chi connectivity index (χ0v) is 14.3. The van der Waals surface area contributed by atoms with Crippen LogP contribution in [0.2, 0.25) is 0 Å². The first-order valence-electron chi connectivity index (χ1n) is 6.77. The molecule has 0 aliphatic carbocycles. The number of hydrogen-bond donors (Lipinski definition) is 2. The third kappa shape index (κ3) is 5.12. The molecule has 0 saturated heterocycles. The van der Waals surface area contributed by atoms with Crippen molar-refractivity contribution in [1.82, 2.24) is 4.98 Å². The van der Waals surface area contributed by atoms with Gasteiger partial charge in [-0.1, -0.05) is 12.1 Å². The molecule has 8 heteroatoms. The van der Waals surface area contributed by atoms with Gasteiger partial charge in [-0.05, 0) is 48.9 Å². The van der Waals surface area contributed by atoms with Gasteiger partial charge in [0.25, 0.3) is 10.1 Å². The fourth-order valence-electron chi connectivity index (χ4n) is 1.82. The van der Waals surface area contributed by atoms with Crippen molar-refractivity contribution in [3.8, 4) is 11.3 Å². The Bertz CT molecular complexity index is 923. The van der Waals surface area contributed by atoms with Crippen molar-refractivity contribution in [1.29, 1.82) is 0 Å². The van der Waals surface area contributed by atoms with Gasteiger partial charge in [-0.15, -0.1) is 11.3 Å². The van der Waals surface area contributed by atoms with Gasteiger partial charge in [0, 0.05) is 10.9 Å². The van der Waals surface area contributed by atoms with Gasteiger partial charge in [0.2, 0.25) is 0 Å². The molecule has 1 heterocycles. The molecule has 0 amide bonds. The number of halogens is 1. The number of rotatable bonds is 2. The van der Waals surface area contributed by atoms with Crippen molar-refractivity contribution in [2.24, 2.45) is 0 Å². The minimum absolute atomic E-state index is 0.0579. The van der Waals surface area contributed by atoms with Crippen LogP contribution in [0.3, 0.4) is 0 Å². The largest absolute Gasteiger partial charge is 0.375 e. The molecule has 24 heavy (non-hydrogen) atoms. The number of benzene rings is 2. The van der Waals surface area contributed by atoms with Gasteiger partial charge in [-0.3, -0.25) is 4.55 Å². The van der Waals surface area contributed by atoms with Crippen molar-refractivity contribution in [2.75, 3.05) is 5.73 Å². The van der Waals surface area contributed by atoms with Crippen LogP contribution in [-0.4, -0.2) is 18.0 Å². The fraction of sp³-hybridized carbons (Fsp3) is 0.0625. The van der Waals surface area contributed by atoms with E-state index in [0.717, 1.165) is 16.8 Å². The highest BCUT2D eigenvalue weighted by Gasteiger charge is 2.07. The third-order valence-corrected chi connectivity index (χ3v) is 4.47. The quantitative estimate of drug-likeness (QED) is 0.673. The Hall–Kier alpha value is -2.29. The average molecular weight is 366 g/mol. The normalized spacial score (nSPS) is 10.8. The van der Waals surface area contributed by atoms with Crippen LogP contribution in [0.4, 0.5) is 9.52 Å². The Kier molecular flexibility index (Phi) is 5.66. The molecule has 0 aliphatic rings. The summed E-state index contributed by atoms with van der Waals surface area (Å²) in [6, 6.07) is 12.3. The molecular weight excluding hydrogens is 351 g/mol. The van der Waals surface area contributed by atoms with Crippen LogP contribution in [0.15, 0.2) is 58.8 Å². The van der Waals surface area contributed by atoms with Crippen LogP contribution >= 0.6 is 11.3 Å². The molecule has 0 radical (unpaired) electrons. The number of nitrogen functional groups attached to an aromatic ring is 1. The summed E-state index contributed by atoms with van der Waals surface area (Å²) in [4.78, 5) is 4.03. The lowest BCUT2D eigenvalue weighted by Crippen LogP contribution is -1.97. The van der Waals surface area contributed by atoms with E-state index in [9.17, 15) is 12.8 Å². The van der Waals surface area contributed by atoms with E-state index in [1.54, 1.807) is 31.2 Å². The van der Waals surface area contributed by atoms with Crippen LogP contribution in [0.25, 0.3) is 11.3 Å². The molecule has 3 aromatic rings. The van der Waals surface area contributed by atoms with Crippen LogP contribution in [0.5, 0.6) is 0 Å². The predicted molar refractivity (Wildman–Crippen MR) is 92.9 cm³/mol. The maximum atomic E-state index is 12.6. The van der Waals surface area contributed by atoms with E-state index < -0.39 is 10.1 Å². The summed E-state index contributed by atoms with van der Waals surface area (Å²) < 4.78 is 42.2. The highest BCUT2D eigenvalue weighted by molar-refractivity contribution is 7.85. The van der Waals surface area contributed by atoms with Crippen molar-refractivity contribution in [3.05, 3.63) is 65.3 Å². The number of nitrogens with zero attached hydrogens (tertiary/aromatic N) is 1. The second-order valence-corrected chi connectivity index (χ2v) is 7.18. The standard InChI is InChI=1S/C9H7FN2S.C7H8O3S/c10-7-3-1-6(2-4-7)8-5-13-9(11)12-8;1-6-3-2-4-7(5-6)11(8,9)10/h1-5H,(H2,11,12);2-5H,1H3,(H,8,9,10). The zero-order chi connectivity index (χ0) is 17.7. The number of aryl methyl sites for hydroxylation is 1. The van der Waals surface area contributed by atoms with Crippen molar-refractivity contribution in [3.63, 3.8) is 0 Å².